The number of nitrogens with one attached hydrogen (secondary N) is 1. The third-order valence-electron chi connectivity index (χ3n) is 4.65. The molecular weight excluding hydrogens is 358 g/mol. The van der Waals surface area contributed by atoms with Crippen LogP contribution >= 0.6 is 11.8 Å². The van der Waals surface area contributed by atoms with Crippen molar-refractivity contribution in [3.05, 3.63) is 64.4 Å². The Morgan fingerprint density at radius 2 is 1.93 bits per heavy atom. The maximum Gasteiger partial charge on any atom is 0.266 e. The molecule has 27 heavy (non-hydrogen) atoms. The number of aryl methyl sites for hydroxylation is 1. The minimum Gasteiger partial charge on any atom is -0.355 e. The molecule has 138 valence electrons. The Labute approximate surface area is 161 Å². The predicted molar refractivity (Wildman–Crippen MR) is 109 cm³/mol. The van der Waals surface area contributed by atoms with Crippen LogP contribution in [0.3, 0.4) is 0 Å². The van der Waals surface area contributed by atoms with Crippen LogP contribution in [0.5, 0.6) is 0 Å². The largest absolute Gasteiger partial charge is 0.355 e. The van der Waals surface area contributed by atoms with Crippen LogP contribution in [0.4, 0.5) is 0 Å². The summed E-state index contributed by atoms with van der Waals surface area (Å²) in [6, 6.07) is 15.1. The molecule has 0 saturated heterocycles. The third kappa shape index (κ3) is 4.06. The molecular formula is C21H21N3O2S. The van der Waals surface area contributed by atoms with Crippen LogP contribution in [-0.4, -0.2) is 27.8 Å². The van der Waals surface area contributed by atoms with Crippen molar-refractivity contribution in [3.8, 4) is 5.69 Å². The topological polar surface area (TPSA) is 64.0 Å². The number of thioether (sulfide) groups is 1. The van der Waals surface area contributed by atoms with Gasteiger partial charge >= 0.3 is 0 Å². The molecule has 4 rings (SSSR count). The van der Waals surface area contributed by atoms with E-state index in [1.165, 1.54) is 24.6 Å². The van der Waals surface area contributed by atoms with Crippen LogP contribution in [0.1, 0.15) is 18.4 Å². The van der Waals surface area contributed by atoms with E-state index in [4.69, 9.17) is 0 Å². The summed E-state index contributed by atoms with van der Waals surface area (Å²) in [4.78, 5) is 29.9. The van der Waals surface area contributed by atoms with E-state index >= 15 is 0 Å². The molecule has 1 heterocycles. The van der Waals surface area contributed by atoms with Crippen molar-refractivity contribution >= 4 is 28.6 Å². The second kappa shape index (κ2) is 7.56. The minimum absolute atomic E-state index is 0.0234. The zero-order valence-corrected chi connectivity index (χ0v) is 16.0. The number of aromatic nitrogens is 2. The monoisotopic (exact) mass is 379 g/mol. The van der Waals surface area contributed by atoms with Gasteiger partial charge in [0.2, 0.25) is 5.91 Å². The van der Waals surface area contributed by atoms with Gasteiger partial charge in [0.05, 0.1) is 22.3 Å². The first-order valence-corrected chi connectivity index (χ1v) is 10.1. The smallest absolute Gasteiger partial charge is 0.266 e. The van der Waals surface area contributed by atoms with Crippen LogP contribution in [0.25, 0.3) is 16.6 Å². The van der Waals surface area contributed by atoms with E-state index in [0.29, 0.717) is 22.0 Å². The van der Waals surface area contributed by atoms with Gasteiger partial charge in [-0.25, -0.2) is 4.98 Å². The second-order valence-corrected chi connectivity index (χ2v) is 7.87. The molecule has 0 radical (unpaired) electrons. The van der Waals surface area contributed by atoms with Crippen molar-refractivity contribution in [1.29, 1.82) is 0 Å². The standard InChI is InChI=1S/C21H21N3O2S/c1-14-6-10-16(11-7-14)24-20(26)17-4-2-3-5-18(17)23-21(24)27-13-19(25)22-12-15-8-9-15/h2-7,10-11,15H,8-9,12-13H2,1H3,(H,22,25). The van der Waals surface area contributed by atoms with E-state index in [1.807, 2.05) is 49.4 Å². The summed E-state index contributed by atoms with van der Waals surface area (Å²) < 4.78 is 1.60. The first-order valence-electron chi connectivity index (χ1n) is 9.10. The first kappa shape index (κ1) is 17.8. The molecule has 1 amide bonds. The summed E-state index contributed by atoms with van der Waals surface area (Å²) in [5.41, 5.74) is 2.40. The van der Waals surface area contributed by atoms with Gasteiger partial charge in [-0.3, -0.25) is 14.2 Å². The van der Waals surface area contributed by atoms with Gasteiger partial charge in [-0.1, -0.05) is 41.6 Å². The molecule has 3 aromatic rings. The molecule has 1 aliphatic rings. The number of carbonyl (C=O) groups excluding carboxylic acids is 1. The van der Waals surface area contributed by atoms with E-state index in [9.17, 15) is 9.59 Å². The number of amides is 1. The maximum absolute atomic E-state index is 13.1. The van der Waals surface area contributed by atoms with Gasteiger partial charge in [-0.05, 0) is 49.9 Å². The van der Waals surface area contributed by atoms with E-state index in [2.05, 4.69) is 10.3 Å². The number of rotatable bonds is 6. The van der Waals surface area contributed by atoms with Crippen LogP contribution < -0.4 is 10.9 Å². The van der Waals surface area contributed by atoms with Gasteiger partial charge in [0.25, 0.3) is 5.56 Å². The highest BCUT2D eigenvalue weighted by Crippen LogP contribution is 2.27. The maximum atomic E-state index is 13.1. The Hall–Kier alpha value is -2.60. The lowest BCUT2D eigenvalue weighted by atomic mass is 10.2. The molecule has 0 aliphatic heterocycles. The Balaban J connectivity index is 1.68. The van der Waals surface area contributed by atoms with Crippen LogP contribution in [0.2, 0.25) is 0 Å². The van der Waals surface area contributed by atoms with Gasteiger partial charge in [0.15, 0.2) is 5.16 Å². The summed E-state index contributed by atoms with van der Waals surface area (Å²) in [7, 11) is 0. The summed E-state index contributed by atoms with van der Waals surface area (Å²) in [6.45, 7) is 2.75. The summed E-state index contributed by atoms with van der Waals surface area (Å²) >= 11 is 1.30. The van der Waals surface area contributed by atoms with Gasteiger partial charge in [-0.2, -0.15) is 0 Å². The van der Waals surface area contributed by atoms with E-state index in [1.54, 1.807) is 10.6 Å². The number of benzene rings is 2. The summed E-state index contributed by atoms with van der Waals surface area (Å²) in [6.07, 6.45) is 2.40. The van der Waals surface area contributed by atoms with Gasteiger partial charge < -0.3 is 5.32 Å². The average molecular weight is 379 g/mol. The molecule has 5 nitrogen and oxygen atoms in total. The Bertz CT molecular complexity index is 1040. The minimum atomic E-state index is -0.120. The molecule has 0 atom stereocenters. The van der Waals surface area contributed by atoms with Crippen molar-refractivity contribution < 1.29 is 4.79 Å². The van der Waals surface area contributed by atoms with Crippen molar-refractivity contribution in [2.24, 2.45) is 5.92 Å². The molecule has 0 spiro atoms. The molecule has 2 aromatic carbocycles. The zero-order valence-electron chi connectivity index (χ0n) is 15.1. The SMILES string of the molecule is Cc1ccc(-n2c(SCC(=O)NCC3CC3)nc3ccccc3c2=O)cc1. The predicted octanol–water partition coefficient (Wildman–Crippen LogP) is 3.31. The lowest BCUT2D eigenvalue weighted by Crippen LogP contribution is -2.28. The normalized spacial score (nSPS) is 13.7. The highest BCUT2D eigenvalue weighted by molar-refractivity contribution is 7.99. The number of para-hydroxylation sites is 1. The summed E-state index contributed by atoms with van der Waals surface area (Å²) in [5.74, 6) is 0.858. The average Bonchev–Trinajstić information content (AvgIpc) is 3.50. The van der Waals surface area contributed by atoms with Crippen LogP contribution in [0, 0.1) is 12.8 Å². The van der Waals surface area contributed by atoms with Gasteiger partial charge in [0, 0.05) is 6.54 Å². The fourth-order valence-corrected chi connectivity index (χ4v) is 3.73. The Morgan fingerprint density at radius 1 is 1.19 bits per heavy atom. The van der Waals surface area contributed by atoms with Crippen molar-refractivity contribution in [1.82, 2.24) is 14.9 Å². The number of fused-ring (bicyclic) bond motifs is 1. The van der Waals surface area contributed by atoms with Crippen molar-refractivity contribution in [2.45, 2.75) is 24.9 Å². The van der Waals surface area contributed by atoms with Gasteiger partial charge in [0.1, 0.15) is 0 Å². The lowest BCUT2D eigenvalue weighted by molar-refractivity contribution is -0.118. The molecule has 0 bridgehead atoms. The third-order valence-corrected chi connectivity index (χ3v) is 5.59. The molecule has 1 aromatic heterocycles. The van der Waals surface area contributed by atoms with Crippen molar-refractivity contribution in [3.63, 3.8) is 0 Å². The lowest BCUT2D eigenvalue weighted by Gasteiger charge is -2.13. The number of carbonyl (C=O) groups is 1. The molecule has 1 N–H and O–H groups in total. The molecule has 1 fully saturated rings. The van der Waals surface area contributed by atoms with Crippen LogP contribution in [0.15, 0.2) is 58.5 Å². The fraction of sp³-hybridized carbons (Fsp3) is 0.286. The van der Waals surface area contributed by atoms with Crippen LogP contribution in [-0.2, 0) is 4.79 Å². The summed E-state index contributed by atoms with van der Waals surface area (Å²) in [5, 5.41) is 4.06. The van der Waals surface area contributed by atoms with Crippen molar-refractivity contribution in [2.75, 3.05) is 12.3 Å². The number of hydrogen-bond acceptors (Lipinski definition) is 4. The fourth-order valence-electron chi connectivity index (χ4n) is 2.89. The highest BCUT2D eigenvalue weighted by atomic mass is 32.2. The second-order valence-electron chi connectivity index (χ2n) is 6.92. The molecule has 6 heteroatoms. The zero-order chi connectivity index (χ0) is 18.8. The Morgan fingerprint density at radius 3 is 2.67 bits per heavy atom. The van der Waals surface area contributed by atoms with E-state index < -0.39 is 0 Å². The number of nitrogens with zero attached hydrogens (tertiary/aromatic N) is 2. The molecule has 1 saturated carbocycles. The Kier molecular flexibility index (Phi) is 4.99. The molecule has 1 aliphatic carbocycles. The van der Waals surface area contributed by atoms with E-state index in [0.717, 1.165) is 17.8 Å². The quantitative estimate of drug-likeness (QED) is 0.527. The first-order chi connectivity index (χ1) is 13.1. The highest BCUT2D eigenvalue weighted by Gasteiger charge is 2.22. The van der Waals surface area contributed by atoms with Gasteiger partial charge in [-0.15, -0.1) is 0 Å². The number of hydrogen-bond donors (Lipinski definition) is 1. The van der Waals surface area contributed by atoms with E-state index in [-0.39, 0.29) is 17.2 Å². The molecule has 0 unspecified atom stereocenters.